The van der Waals surface area contributed by atoms with Crippen molar-refractivity contribution in [1.29, 1.82) is 0 Å². The topological polar surface area (TPSA) is 34.0 Å². The molecular weight excluding hydrogens is 348 g/mol. The van der Waals surface area contributed by atoms with Crippen LogP contribution in [0.2, 0.25) is 0 Å². The zero-order valence-electron chi connectivity index (χ0n) is 15.0. The van der Waals surface area contributed by atoms with Gasteiger partial charge in [-0.05, 0) is 37.5 Å². The number of benzene rings is 1. The van der Waals surface area contributed by atoms with Gasteiger partial charge in [-0.1, -0.05) is 55.5 Å². The van der Waals surface area contributed by atoms with Gasteiger partial charge in [0.25, 0.3) is 0 Å². The molecule has 0 N–H and O–H groups in total. The Morgan fingerprint density at radius 1 is 1.08 bits per heavy atom. The summed E-state index contributed by atoms with van der Waals surface area (Å²) < 4.78 is 4.10. The Hall–Kier alpha value is -1.79. The first-order valence-corrected chi connectivity index (χ1v) is 10.0. The number of nitrogens with zero attached hydrogens (tertiary/aromatic N) is 4. The molecule has 2 aromatic heterocycles. The highest BCUT2D eigenvalue weighted by molar-refractivity contribution is 7.73. The Balaban J connectivity index is 2.12. The van der Waals surface area contributed by atoms with Gasteiger partial charge in [-0.25, -0.2) is 9.97 Å². The van der Waals surface area contributed by atoms with Gasteiger partial charge >= 0.3 is 0 Å². The standard InChI is InChI=1S/C19H24N4S2/c1-4-11-22(12-5-2)17-16-18(21-14(3)20-17)23(19(24)25-16)13-15-9-7-6-8-10-15/h6-10H,4-5,11-13H2,1-3H3. The van der Waals surface area contributed by atoms with E-state index in [9.17, 15) is 0 Å². The average molecular weight is 373 g/mol. The first-order valence-electron chi connectivity index (χ1n) is 8.80. The van der Waals surface area contributed by atoms with Crippen LogP contribution in [0.15, 0.2) is 30.3 Å². The number of anilines is 1. The smallest absolute Gasteiger partial charge is 0.163 e. The van der Waals surface area contributed by atoms with Crippen LogP contribution in [0.25, 0.3) is 10.3 Å². The van der Waals surface area contributed by atoms with Crippen molar-refractivity contribution in [1.82, 2.24) is 14.5 Å². The van der Waals surface area contributed by atoms with Crippen molar-refractivity contribution in [3.05, 3.63) is 45.7 Å². The summed E-state index contributed by atoms with van der Waals surface area (Å²) in [5.74, 6) is 1.84. The fraction of sp³-hybridized carbons (Fsp3) is 0.421. The Morgan fingerprint density at radius 3 is 2.40 bits per heavy atom. The zero-order valence-corrected chi connectivity index (χ0v) is 16.7. The van der Waals surface area contributed by atoms with Crippen LogP contribution in [0.4, 0.5) is 5.82 Å². The van der Waals surface area contributed by atoms with Gasteiger partial charge in [-0.15, -0.1) is 0 Å². The molecule has 0 atom stereocenters. The number of thiazole rings is 1. The van der Waals surface area contributed by atoms with Gasteiger partial charge in [0.2, 0.25) is 0 Å². The van der Waals surface area contributed by atoms with Crippen molar-refractivity contribution in [2.24, 2.45) is 0 Å². The van der Waals surface area contributed by atoms with Crippen molar-refractivity contribution in [2.45, 2.75) is 40.2 Å². The van der Waals surface area contributed by atoms with Gasteiger partial charge in [0.15, 0.2) is 15.4 Å². The van der Waals surface area contributed by atoms with Crippen LogP contribution >= 0.6 is 23.6 Å². The number of fused-ring (bicyclic) bond motifs is 1. The van der Waals surface area contributed by atoms with Crippen LogP contribution in [0, 0.1) is 10.9 Å². The monoisotopic (exact) mass is 372 g/mol. The van der Waals surface area contributed by atoms with E-state index in [1.54, 1.807) is 11.3 Å². The Bertz CT molecular complexity index is 893. The van der Waals surface area contributed by atoms with E-state index in [2.05, 4.69) is 47.6 Å². The van der Waals surface area contributed by atoms with Crippen molar-refractivity contribution in [3.8, 4) is 0 Å². The summed E-state index contributed by atoms with van der Waals surface area (Å²) >= 11 is 7.29. The van der Waals surface area contributed by atoms with Crippen LogP contribution in [-0.2, 0) is 6.54 Å². The zero-order chi connectivity index (χ0) is 17.8. The fourth-order valence-electron chi connectivity index (χ4n) is 3.02. The van der Waals surface area contributed by atoms with E-state index < -0.39 is 0 Å². The molecule has 0 bridgehead atoms. The minimum Gasteiger partial charge on any atom is -0.355 e. The molecule has 6 heteroatoms. The van der Waals surface area contributed by atoms with E-state index in [4.69, 9.17) is 22.2 Å². The maximum absolute atomic E-state index is 5.67. The minimum atomic E-state index is 0.747. The van der Waals surface area contributed by atoms with E-state index in [1.807, 2.05) is 13.0 Å². The largest absolute Gasteiger partial charge is 0.355 e. The molecule has 3 aromatic rings. The van der Waals surface area contributed by atoms with E-state index >= 15 is 0 Å². The summed E-state index contributed by atoms with van der Waals surface area (Å²) in [6.07, 6.45) is 2.20. The van der Waals surface area contributed by atoms with Crippen molar-refractivity contribution in [2.75, 3.05) is 18.0 Å². The highest BCUT2D eigenvalue weighted by Crippen LogP contribution is 2.31. The maximum atomic E-state index is 5.67. The van der Waals surface area contributed by atoms with E-state index in [0.717, 1.165) is 58.4 Å². The lowest BCUT2D eigenvalue weighted by Gasteiger charge is -2.23. The first-order chi connectivity index (χ1) is 12.1. The molecule has 0 radical (unpaired) electrons. The average Bonchev–Trinajstić information content (AvgIpc) is 2.91. The van der Waals surface area contributed by atoms with Crippen LogP contribution in [-0.4, -0.2) is 27.6 Å². The van der Waals surface area contributed by atoms with Crippen LogP contribution in [0.1, 0.15) is 38.1 Å². The van der Waals surface area contributed by atoms with Crippen LogP contribution in [0.5, 0.6) is 0 Å². The van der Waals surface area contributed by atoms with Gasteiger partial charge in [0, 0.05) is 13.1 Å². The number of aromatic nitrogens is 3. The van der Waals surface area contributed by atoms with Gasteiger partial charge in [0.1, 0.15) is 10.5 Å². The quantitative estimate of drug-likeness (QED) is 0.534. The molecule has 0 saturated heterocycles. The molecule has 25 heavy (non-hydrogen) atoms. The number of hydrogen-bond donors (Lipinski definition) is 0. The highest BCUT2D eigenvalue weighted by Gasteiger charge is 2.17. The molecule has 3 rings (SSSR count). The van der Waals surface area contributed by atoms with Crippen molar-refractivity contribution in [3.63, 3.8) is 0 Å². The van der Waals surface area contributed by atoms with Crippen molar-refractivity contribution >= 4 is 39.7 Å². The molecule has 0 fully saturated rings. The van der Waals surface area contributed by atoms with Crippen molar-refractivity contribution < 1.29 is 0 Å². The molecule has 0 aliphatic rings. The molecule has 0 aliphatic carbocycles. The molecule has 132 valence electrons. The second-order valence-electron chi connectivity index (χ2n) is 6.17. The van der Waals surface area contributed by atoms with Gasteiger partial charge in [-0.2, -0.15) is 0 Å². The third-order valence-corrected chi connectivity index (χ3v) is 5.51. The summed E-state index contributed by atoms with van der Waals surface area (Å²) in [6, 6.07) is 10.4. The molecule has 0 amide bonds. The van der Waals surface area contributed by atoms with Gasteiger partial charge in [-0.3, -0.25) is 0 Å². The van der Waals surface area contributed by atoms with E-state index in [0.29, 0.717) is 0 Å². The molecule has 0 spiro atoms. The molecule has 0 aliphatic heterocycles. The second-order valence-corrected chi connectivity index (χ2v) is 7.82. The minimum absolute atomic E-state index is 0.747. The lowest BCUT2D eigenvalue weighted by molar-refractivity contribution is 0.733. The summed E-state index contributed by atoms with van der Waals surface area (Å²) in [5, 5.41) is 0. The number of aryl methyl sites for hydroxylation is 1. The van der Waals surface area contributed by atoms with Crippen LogP contribution in [0.3, 0.4) is 0 Å². The second kappa shape index (κ2) is 8.06. The normalized spacial score (nSPS) is 11.2. The number of rotatable bonds is 7. The molecular formula is C19H24N4S2. The SMILES string of the molecule is CCCN(CCC)c1nc(C)nc2c1sc(=S)n2Cc1ccccc1. The third kappa shape index (κ3) is 3.90. The summed E-state index contributed by atoms with van der Waals surface area (Å²) in [6.45, 7) is 9.13. The Kier molecular flexibility index (Phi) is 5.81. The molecule has 1 aromatic carbocycles. The molecule has 0 saturated carbocycles. The molecule has 2 heterocycles. The summed E-state index contributed by atoms with van der Waals surface area (Å²) in [4.78, 5) is 11.9. The van der Waals surface area contributed by atoms with E-state index in [-0.39, 0.29) is 0 Å². The van der Waals surface area contributed by atoms with Crippen LogP contribution < -0.4 is 4.90 Å². The highest BCUT2D eigenvalue weighted by atomic mass is 32.1. The fourth-order valence-corrected chi connectivity index (χ4v) is 4.37. The summed E-state index contributed by atoms with van der Waals surface area (Å²) in [5.41, 5.74) is 2.19. The molecule has 4 nitrogen and oxygen atoms in total. The number of hydrogen-bond acceptors (Lipinski definition) is 5. The predicted octanol–water partition coefficient (Wildman–Crippen LogP) is 5.21. The first kappa shape index (κ1) is 18.0. The maximum Gasteiger partial charge on any atom is 0.163 e. The Labute approximate surface area is 158 Å². The third-order valence-electron chi connectivity index (χ3n) is 4.08. The summed E-state index contributed by atoms with van der Waals surface area (Å²) in [7, 11) is 0. The lowest BCUT2D eigenvalue weighted by Crippen LogP contribution is -2.26. The van der Waals surface area contributed by atoms with Gasteiger partial charge < -0.3 is 9.47 Å². The van der Waals surface area contributed by atoms with E-state index in [1.165, 1.54) is 5.56 Å². The molecule has 0 unspecified atom stereocenters. The van der Waals surface area contributed by atoms with Gasteiger partial charge in [0.05, 0.1) is 6.54 Å². The predicted molar refractivity (Wildman–Crippen MR) is 109 cm³/mol. The lowest BCUT2D eigenvalue weighted by atomic mass is 10.2. The Morgan fingerprint density at radius 2 is 1.76 bits per heavy atom.